The molecule has 2 rings (SSSR count). The molecule has 0 unspecified atom stereocenters. The Balaban J connectivity index is 2.38. The molecule has 0 saturated carbocycles. The second-order valence-electron chi connectivity index (χ2n) is 4.13. The van der Waals surface area contributed by atoms with Gasteiger partial charge in [0.1, 0.15) is 5.75 Å². The molecule has 1 heterocycles. The molecule has 2 aromatic rings. The summed E-state index contributed by atoms with van der Waals surface area (Å²) in [7, 11) is 0. The third-order valence-corrected chi connectivity index (χ3v) is 2.64. The van der Waals surface area contributed by atoms with E-state index in [-0.39, 0.29) is 11.7 Å². The number of carbonyl (C=O) groups is 1. The van der Waals surface area contributed by atoms with Crippen LogP contribution >= 0.6 is 0 Å². The van der Waals surface area contributed by atoms with Crippen LogP contribution in [-0.4, -0.2) is 21.0 Å². The van der Waals surface area contributed by atoms with Crippen molar-refractivity contribution in [2.45, 2.75) is 20.3 Å². The van der Waals surface area contributed by atoms with Crippen molar-refractivity contribution in [2.75, 3.05) is 5.32 Å². The number of phenolic OH excluding ortho intramolecular Hbond substituents is 1. The average Bonchev–Trinajstić information content (AvgIpc) is 2.39. The molecular formula is C14H15N3O2. The number of aromatic hydroxyl groups is 1. The average molecular weight is 257 g/mol. The molecule has 5 heteroatoms. The Hall–Kier alpha value is -2.43. The van der Waals surface area contributed by atoms with E-state index in [9.17, 15) is 9.90 Å². The molecule has 0 radical (unpaired) electrons. The van der Waals surface area contributed by atoms with Crippen LogP contribution in [0.25, 0.3) is 11.3 Å². The van der Waals surface area contributed by atoms with Gasteiger partial charge < -0.3 is 10.4 Å². The predicted octanol–water partition coefficient (Wildman–Crippen LogP) is 2.37. The first kappa shape index (κ1) is 13.0. The van der Waals surface area contributed by atoms with E-state index in [1.165, 1.54) is 6.92 Å². The fraction of sp³-hybridized carbons (Fsp3) is 0.214. The molecule has 0 aliphatic heterocycles. The molecule has 98 valence electrons. The molecule has 0 bridgehead atoms. The van der Waals surface area contributed by atoms with Crippen LogP contribution < -0.4 is 5.32 Å². The van der Waals surface area contributed by atoms with Gasteiger partial charge in [-0.3, -0.25) is 4.79 Å². The number of hydrogen-bond acceptors (Lipinski definition) is 4. The van der Waals surface area contributed by atoms with E-state index in [0.717, 1.165) is 11.3 Å². The van der Waals surface area contributed by atoms with Gasteiger partial charge >= 0.3 is 0 Å². The van der Waals surface area contributed by atoms with Crippen molar-refractivity contribution >= 4 is 11.7 Å². The summed E-state index contributed by atoms with van der Waals surface area (Å²) in [5.41, 5.74) is 2.32. The molecule has 0 aliphatic carbocycles. The second-order valence-corrected chi connectivity index (χ2v) is 4.13. The fourth-order valence-electron chi connectivity index (χ4n) is 1.72. The van der Waals surface area contributed by atoms with Gasteiger partial charge in [-0.15, -0.1) is 0 Å². The molecule has 0 spiro atoms. The number of nitrogens with one attached hydrogen (secondary N) is 1. The van der Waals surface area contributed by atoms with Gasteiger partial charge in [0.2, 0.25) is 5.91 Å². The molecule has 5 nitrogen and oxygen atoms in total. The zero-order chi connectivity index (χ0) is 13.8. The van der Waals surface area contributed by atoms with Crippen molar-refractivity contribution in [1.29, 1.82) is 0 Å². The maximum atomic E-state index is 11.1. The van der Waals surface area contributed by atoms with Gasteiger partial charge in [0.25, 0.3) is 0 Å². The van der Waals surface area contributed by atoms with Gasteiger partial charge in [-0.25, -0.2) is 9.97 Å². The minimum absolute atomic E-state index is 0.165. The summed E-state index contributed by atoms with van der Waals surface area (Å²) >= 11 is 0. The highest BCUT2D eigenvalue weighted by Crippen LogP contribution is 2.22. The minimum atomic E-state index is -0.165. The van der Waals surface area contributed by atoms with Gasteiger partial charge in [-0.2, -0.15) is 0 Å². The monoisotopic (exact) mass is 257 g/mol. The Morgan fingerprint density at radius 3 is 2.58 bits per heavy atom. The lowest BCUT2D eigenvalue weighted by atomic mass is 10.1. The number of hydrogen-bond donors (Lipinski definition) is 2. The van der Waals surface area contributed by atoms with Crippen LogP contribution in [0.5, 0.6) is 5.75 Å². The maximum Gasteiger partial charge on any atom is 0.222 e. The molecule has 0 fully saturated rings. The van der Waals surface area contributed by atoms with Gasteiger partial charge in [-0.1, -0.05) is 6.92 Å². The lowest BCUT2D eigenvalue weighted by molar-refractivity contribution is -0.114. The molecule has 19 heavy (non-hydrogen) atoms. The highest BCUT2D eigenvalue weighted by atomic mass is 16.3. The quantitative estimate of drug-likeness (QED) is 0.885. The highest BCUT2D eigenvalue weighted by Gasteiger charge is 2.08. The Morgan fingerprint density at radius 2 is 2.00 bits per heavy atom. The minimum Gasteiger partial charge on any atom is -0.508 e. The largest absolute Gasteiger partial charge is 0.508 e. The van der Waals surface area contributed by atoms with Crippen LogP contribution in [0.2, 0.25) is 0 Å². The third kappa shape index (κ3) is 3.07. The summed E-state index contributed by atoms with van der Waals surface area (Å²) in [6, 6.07) is 6.75. The van der Waals surface area contributed by atoms with Crippen LogP contribution in [0, 0.1) is 0 Å². The molecule has 0 aliphatic rings. The Kier molecular flexibility index (Phi) is 3.75. The normalized spacial score (nSPS) is 10.2. The zero-order valence-electron chi connectivity index (χ0n) is 10.8. The lowest BCUT2D eigenvalue weighted by Gasteiger charge is -2.08. The van der Waals surface area contributed by atoms with E-state index in [4.69, 9.17) is 0 Å². The summed E-state index contributed by atoms with van der Waals surface area (Å²) in [6.07, 6.45) is 2.28. The topological polar surface area (TPSA) is 75.1 Å². The van der Waals surface area contributed by atoms with Crippen LogP contribution in [-0.2, 0) is 11.2 Å². The summed E-state index contributed by atoms with van der Waals surface area (Å²) in [5, 5.41) is 11.9. The van der Waals surface area contributed by atoms with E-state index in [2.05, 4.69) is 15.3 Å². The highest BCUT2D eigenvalue weighted by molar-refractivity contribution is 5.88. The van der Waals surface area contributed by atoms with E-state index in [1.807, 2.05) is 6.92 Å². The number of benzene rings is 1. The lowest BCUT2D eigenvalue weighted by Crippen LogP contribution is -2.11. The number of carbonyl (C=O) groups excluding carboxylic acids is 1. The summed E-state index contributed by atoms with van der Waals surface area (Å²) < 4.78 is 0. The summed E-state index contributed by atoms with van der Waals surface area (Å²) in [4.78, 5) is 19.8. The van der Waals surface area contributed by atoms with Crippen LogP contribution in [0.4, 0.5) is 5.82 Å². The number of amides is 1. The molecule has 1 amide bonds. The number of rotatable bonds is 3. The Bertz CT molecular complexity index is 594. The first-order chi connectivity index (χ1) is 9.10. The van der Waals surface area contributed by atoms with Crippen LogP contribution in [0.15, 0.2) is 30.5 Å². The van der Waals surface area contributed by atoms with Crippen molar-refractivity contribution in [3.8, 4) is 17.0 Å². The number of phenols is 1. The van der Waals surface area contributed by atoms with Crippen molar-refractivity contribution in [3.05, 3.63) is 36.2 Å². The maximum absolute atomic E-state index is 11.1. The molecule has 1 aromatic heterocycles. The predicted molar refractivity (Wildman–Crippen MR) is 72.8 cm³/mol. The molecule has 0 atom stereocenters. The third-order valence-electron chi connectivity index (χ3n) is 2.64. The number of aromatic nitrogens is 2. The molecule has 0 saturated heterocycles. The SMILES string of the molecule is CCc1nc(-c2ccc(O)cc2)cnc1NC(C)=O. The van der Waals surface area contributed by atoms with Crippen molar-refractivity contribution in [3.63, 3.8) is 0 Å². The van der Waals surface area contributed by atoms with Crippen LogP contribution in [0.1, 0.15) is 19.5 Å². The fourth-order valence-corrected chi connectivity index (χ4v) is 1.72. The van der Waals surface area contributed by atoms with Gasteiger partial charge in [0.05, 0.1) is 17.6 Å². The second kappa shape index (κ2) is 5.48. The Morgan fingerprint density at radius 1 is 1.32 bits per heavy atom. The van der Waals surface area contributed by atoms with E-state index in [1.54, 1.807) is 30.5 Å². The number of nitrogens with zero attached hydrogens (tertiary/aromatic N) is 2. The van der Waals surface area contributed by atoms with Crippen molar-refractivity contribution < 1.29 is 9.90 Å². The van der Waals surface area contributed by atoms with E-state index >= 15 is 0 Å². The van der Waals surface area contributed by atoms with Crippen molar-refractivity contribution in [1.82, 2.24) is 9.97 Å². The Labute approximate surface area is 111 Å². The first-order valence-electron chi connectivity index (χ1n) is 6.03. The smallest absolute Gasteiger partial charge is 0.222 e. The van der Waals surface area contributed by atoms with E-state index in [0.29, 0.717) is 17.9 Å². The number of aryl methyl sites for hydroxylation is 1. The first-order valence-corrected chi connectivity index (χ1v) is 6.03. The van der Waals surface area contributed by atoms with Crippen LogP contribution in [0.3, 0.4) is 0 Å². The standard InChI is InChI=1S/C14H15N3O2/c1-3-12-14(16-9(2)18)15-8-13(17-12)10-4-6-11(19)7-5-10/h4-8,19H,3H2,1-2H3,(H,15,16,18). The molecule has 2 N–H and O–H groups in total. The zero-order valence-corrected chi connectivity index (χ0v) is 10.8. The molecule has 1 aromatic carbocycles. The van der Waals surface area contributed by atoms with E-state index < -0.39 is 0 Å². The summed E-state index contributed by atoms with van der Waals surface area (Å²) in [6.45, 7) is 3.39. The van der Waals surface area contributed by atoms with Crippen molar-refractivity contribution in [2.24, 2.45) is 0 Å². The number of anilines is 1. The summed E-state index contributed by atoms with van der Waals surface area (Å²) in [5.74, 6) is 0.543. The van der Waals surface area contributed by atoms with Gasteiger partial charge in [-0.05, 0) is 30.7 Å². The van der Waals surface area contributed by atoms with Gasteiger partial charge in [0.15, 0.2) is 5.82 Å². The van der Waals surface area contributed by atoms with Gasteiger partial charge in [0, 0.05) is 12.5 Å². The molecular weight excluding hydrogens is 242 g/mol.